The fourth-order valence-electron chi connectivity index (χ4n) is 2.37. The third kappa shape index (κ3) is 3.63. The molecule has 0 atom stereocenters. The number of hydrogen-bond acceptors (Lipinski definition) is 2. The summed E-state index contributed by atoms with van der Waals surface area (Å²) in [4.78, 5) is 3.27. The summed E-state index contributed by atoms with van der Waals surface area (Å²) in [7, 11) is -3.55. The molecule has 0 amide bonds. The molecular formula is C16H14BrFN2O2S. The van der Waals surface area contributed by atoms with E-state index in [2.05, 4.69) is 25.6 Å². The highest BCUT2D eigenvalue weighted by molar-refractivity contribution is 9.10. The van der Waals surface area contributed by atoms with Gasteiger partial charge in [0.1, 0.15) is 5.82 Å². The van der Waals surface area contributed by atoms with Gasteiger partial charge in [-0.15, -0.1) is 0 Å². The largest absolute Gasteiger partial charge is 0.361 e. The first-order valence-electron chi connectivity index (χ1n) is 6.96. The van der Waals surface area contributed by atoms with Crippen LogP contribution in [-0.4, -0.2) is 19.9 Å². The Hall–Kier alpha value is -1.70. The van der Waals surface area contributed by atoms with Crippen molar-refractivity contribution in [3.63, 3.8) is 0 Å². The Balaban J connectivity index is 1.70. The fourth-order valence-corrected chi connectivity index (χ4v) is 3.67. The molecule has 0 bridgehead atoms. The molecule has 0 saturated carbocycles. The molecule has 7 heteroatoms. The molecule has 3 rings (SSSR count). The van der Waals surface area contributed by atoms with Crippen LogP contribution in [0.15, 0.2) is 58.0 Å². The topological polar surface area (TPSA) is 62.0 Å². The van der Waals surface area contributed by atoms with Crippen LogP contribution in [0.1, 0.15) is 5.56 Å². The van der Waals surface area contributed by atoms with Crippen molar-refractivity contribution in [3.8, 4) is 0 Å². The number of sulfonamides is 1. The highest BCUT2D eigenvalue weighted by atomic mass is 79.9. The molecule has 2 aromatic carbocycles. The summed E-state index contributed by atoms with van der Waals surface area (Å²) >= 11 is 3.27. The Morgan fingerprint density at radius 3 is 2.61 bits per heavy atom. The van der Waals surface area contributed by atoms with Crippen molar-refractivity contribution in [3.05, 3.63) is 64.5 Å². The minimum atomic E-state index is -3.55. The van der Waals surface area contributed by atoms with E-state index in [0.29, 0.717) is 6.42 Å². The van der Waals surface area contributed by atoms with Gasteiger partial charge in [-0.3, -0.25) is 0 Å². The summed E-state index contributed by atoms with van der Waals surface area (Å²) in [5.41, 5.74) is 1.70. The van der Waals surface area contributed by atoms with Gasteiger partial charge in [-0.2, -0.15) is 0 Å². The van der Waals surface area contributed by atoms with Crippen molar-refractivity contribution in [2.24, 2.45) is 0 Å². The molecule has 0 fully saturated rings. The van der Waals surface area contributed by atoms with Crippen molar-refractivity contribution in [2.45, 2.75) is 11.3 Å². The maximum absolute atomic E-state index is 13.3. The van der Waals surface area contributed by atoms with Gasteiger partial charge in [0, 0.05) is 28.1 Å². The first kappa shape index (κ1) is 16.2. The molecule has 0 aliphatic heterocycles. The average Bonchev–Trinajstić information content (AvgIpc) is 2.90. The smallest absolute Gasteiger partial charge is 0.240 e. The average molecular weight is 397 g/mol. The summed E-state index contributed by atoms with van der Waals surface area (Å²) in [6.45, 7) is 0.238. The number of aromatic amines is 1. The Labute approximate surface area is 141 Å². The highest BCUT2D eigenvalue weighted by Gasteiger charge is 2.13. The first-order valence-corrected chi connectivity index (χ1v) is 9.24. The van der Waals surface area contributed by atoms with Crippen molar-refractivity contribution >= 4 is 36.9 Å². The first-order chi connectivity index (χ1) is 11.0. The van der Waals surface area contributed by atoms with Crippen LogP contribution >= 0.6 is 15.9 Å². The molecule has 0 unspecified atom stereocenters. The number of benzene rings is 2. The Morgan fingerprint density at radius 1 is 1.13 bits per heavy atom. The summed E-state index contributed by atoms with van der Waals surface area (Å²) in [5, 5.41) is 0.771. The summed E-state index contributed by atoms with van der Waals surface area (Å²) in [6.07, 6.45) is 2.25. The lowest BCUT2D eigenvalue weighted by Crippen LogP contribution is -2.25. The number of nitrogens with one attached hydrogen (secondary N) is 2. The number of halogens is 2. The van der Waals surface area contributed by atoms with Gasteiger partial charge in [-0.25, -0.2) is 17.5 Å². The molecule has 23 heavy (non-hydrogen) atoms. The van der Waals surface area contributed by atoms with Gasteiger partial charge in [0.05, 0.1) is 4.90 Å². The molecule has 2 N–H and O–H groups in total. The molecule has 0 radical (unpaired) electrons. The van der Waals surface area contributed by atoms with Crippen LogP contribution in [0.3, 0.4) is 0 Å². The summed E-state index contributed by atoms with van der Waals surface area (Å²) in [6, 6.07) is 10.9. The van der Waals surface area contributed by atoms with Gasteiger partial charge in [-0.05, 0) is 54.4 Å². The van der Waals surface area contributed by atoms with E-state index >= 15 is 0 Å². The molecule has 1 heterocycles. The molecule has 0 saturated heterocycles. The maximum Gasteiger partial charge on any atom is 0.240 e. The number of aromatic nitrogens is 1. The Morgan fingerprint density at radius 2 is 1.87 bits per heavy atom. The molecule has 3 aromatic rings. The molecule has 120 valence electrons. The SMILES string of the molecule is O=S(=O)(NCCc1c[nH]c2ccc(F)cc12)c1ccc(Br)cc1. The number of H-pyrrole nitrogens is 1. The lowest BCUT2D eigenvalue weighted by atomic mass is 10.1. The standard InChI is InChI=1S/C16H14BrFN2O2S/c17-12-1-4-14(5-2-12)23(21,22)20-8-7-11-10-19-16-6-3-13(18)9-15(11)16/h1-6,9-10,19-20H,7-8H2. The molecule has 0 aliphatic carbocycles. The molecular weight excluding hydrogens is 383 g/mol. The normalized spacial score (nSPS) is 11.9. The van der Waals surface area contributed by atoms with E-state index in [1.165, 1.54) is 24.3 Å². The van der Waals surface area contributed by atoms with Crippen molar-refractivity contribution < 1.29 is 12.8 Å². The zero-order valence-corrected chi connectivity index (χ0v) is 14.4. The second kappa shape index (κ2) is 6.43. The third-order valence-electron chi connectivity index (χ3n) is 3.54. The van der Waals surface area contributed by atoms with E-state index in [0.717, 1.165) is 20.9 Å². The van der Waals surface area contributed by atoms with E-state index in [1.54, 1.807) is 24.4 Å². The second-order valence-corrected chi connectivity index (χ2v) is 7.79. The quantitative estimate of drug-likeness (QED) is 0.691. The van der Waals surface area contributed by atoms with E-state index in [1.807, 2.05) is 0 Å². The van der Waals surface area contributed by atoms with Crippen LogP contribution in [0.4, 0.5) is 4.39 Å². The van der Waals surface area contributed by atoms with Crippen molar-refractivity contribution in [2.75, 3.05) is 6.54 Å². The van der Waals surface area contributed by atoms with E-state index in [4.69, 9.17) is 0 Å². The van der Waals surface area contributed by atoms with E-state index < -0.39 is 10.0 Å². The number of rotatable bonds is 5. The predicted octanol–water partition coefficient (Wildman–Crippen LogP) is 3.59. The number of hydrogen-bond donors (Lipinski definition) is 2. The summed E-state index contributed by atoms with van der Waals surface area (Å²) in [5.74, 6) is -0.311. The van der Waals surface area contributed by atoms with Crippen LogP contribution < -0.4 is 4.72 Å². The van der Waals surface area contributed by atoms with Crippen molar-refractivity contribution in [1.82, 2.24) is 9.71 Å². The highest BCUT2D eigenvalue weighted by Crippen LogP contribution is 2.20. The molecule has 4 nitrogen and oxygen atoms in total. The van der Waals surface area contributed by atoms with Gasteiger partial charge < -0.3 is 4.98 Å². The van der Waals surface area contributed by atoms with Gasteiger partial charge in [-0.1, -0.05) is 15.9 Å². The lowest BCUT2D eigenvalue weighted by molar-refractivity contribution is 0.581. The van der Waals surface area contributed by atoms with Gasteiger partial charge >= 0.3 is 0 Å². The minimum Gasteiger partial charge on any atom is -0.361 e. The third-order valence-corrected chi connectivity index (χ3v) is 5.55. The number of fused-ring (bicyclic) bond motifs is 1. The van der Waals surface area contributed by atoms with Gasteiger partial charge in [0.15, 0.2) is 0 Å². The summed E-state index contributed by atoms with van der Waals surface area (Å²) < 4.78 is 41.1. The van der Waals surface area contributed by atoms with E-state index in [-0.39, 0.29) is 17.3 Å². The van der Waals surface area contributed by atoms with Gasteiger partial charge in [0.25, 0.3) is 0 Å². The van der Waals surface area contributed by atoms with Crippen LogP contribution in [0.25, 0.3) is 10.9 Å². The van der Waals surface area contributed by atoms with Crippen LogP contribution in [0.5, 0.6) is 0 Å². The zero-order chi connectivity index (χ0) is 16.4. The zero-order valence-electron chi connectivity index (χ0n) is 12.0. The second-order valence-electron chi connectivity index (χ2n) is 5.11. The van der Waals surface area contributed by atoms with Crippen molar-refractivity contribution in [1.29, 1.82) is 0 Å². The Kier molecular flexibility index (Phi) is 4.52. The minimum absolute atomic E-state index is 0.214. The van der Waals surface area contributed by atoms with Gasteiger partial charge in [0.2, 0.25) is 10.0 Å². The molecule has 0 spiro atoms. The van der Waals surface area contributed by atoms with Crippen LogP contribution in [-0.2, 0) is 16.4 Å². The Bertz CT molecular complexity index is 936. The predicted molar refractivity (Wildman–Crippen MR) is 91.3 cm³/mol. The lowest BCUT2D eigenvalue weighted by Gasteiger charge is -2.06. The van der Waals surface area contributed by atoms with Crippen LogP contribution in [0.2, 0.25) is 0 Å². The molecule has 1 aromatic heterocycles. The van der Waals surface area contributed by atoms with E-state index in [9.17, 15) is 12.8 Å². The fraction of sp³-hybridized carbons (Fsp3) is 0.125. The maximum atomic E-state index is 13.3. The van der Waals surface area contributed by atoms with Crippen LogP contribution in [0, 0.1) is 5.82 Å². The molecule has 0 aliphatic rings. The monoisotopic (exact) mass is 396 g/mol.